The highest BCUT2D eigenvalue weighted by Gasteiger charge is 2.14. The molecule has 7 nitrogen and oxygen atoms in total. The molecule has 0 aromatic carbocycles. The van der Waals surface area contributed by atoms with E-state index in [0.717, 1.165) is 0 Å². The summed E-state index contributed by atoms with van der Waals surface area (Å²) in [6.07, 6.45) is 1.30. The zero-order valence-corrected chi connectivity index (χ0v) is 6.30. The molecule has 0 fully saturated rings. The molecule has 2 aromatic rings. The van der Waals surface area contributed by atoms with Gasteiger partial charge < -0.3 is 4.42 Å². The Morgan fingerprint density at radius 1 is 1.54 bits per heavy atom. The van der Waals surface area contributed by atoms with Crippen LogP contribution in [0.4, 0.5) is 5.88 Å². The molecule has 0 bridgehead atoms. The molecule has 13 heavy (non-hydrogen) atoms. The van der Waals surface area contributed by atoms with Crippen molar-refractivity contribution >= 4 is 5.88 Å². The summed E-state index contributed by atoms with van der Waals surface area (Å²) in [4.78, 5) is 13.4. The summed E-state index contributed by atoms with van der Waals surface area (Å²) in [5, 5.41) is 16.4. The predicted octanol–water partition coefficient (Wildman–Crippen LogP) is 0.973. The van der Waals surface area contributed by atoms with Crippen molar-refractivity contribution in [1.29, 1.82) is 0 Å². The molecule has 2 rings (SSSR count). The summed E-state index contributed by atoms with van der Waals surface area (Å²) < 4.78 is 4.86. The summed E-state index contributed by atoms with van der Waals surface area (Å²) in [7, 11) is 0. The SMILES string of the molecule is O=[N+]([O-])c1ccc(-c2ncn[nH]2)o1. The van der Waals surface area contributed by atoms with Crippen LogP contribution in [0, 0.1) is 10.1 Å². The van der Waals surface area contributed by atoms with Crippen LogP contribution >= 0.6 is 0 Å². The standard InChI is InChI=1S/C6H4N4O3/c11-10(12)5-2-1-4(13-5)6-7-3-8-9-6/h1-3H,(H,7,8,9). The van der Waals surface area contributed by atoms with Gasteiger partial charge in [0, 0.05) is 0 Å². The van der Waals surface area contributed by atoms with E-state index in [-0.39, 0.29) is 5.88 Å². The number of aromatic amines is 1. The molecule has 0 unspecified atom stereocenters. The average Bonchev–Trinajstić information content (AvgIpc) is 2.75. The molecule has 0 aliphatic carbocycles. The minimum atomic E-state index is -0.611. The highest BCUT2D eigenvalue weighted by molar-refractivity contribution is 5.47. The molecule has 0 atom stereocenters. The predicted molar refractivity (Wildman–Crippen MR) is 40.7 cm³/mol. The van der Waals surface area contributed by atoms with Crippen LogP contribution in [0.2, 0.25) is 0 Å². The molecule has 0 aliphatic heterocycles. The largest absolute Gasteiger partial charge is 0.433 e. The molecule has 66 valence electrons. The van der Waals surface area contributed by atoms with Gasteiger partial charge >= 0.3 is 5.88 Å². The Balaban J connectivity index is 2.39. The minimum Gasteiger partial charge on any atom is -0.397 e. The number of nitrogens with zero attached hydrogens (tertiary/aromatic N) is 3. The summed E-state index contributed by atoms with van der Waals surface area (Å²) in [5.41, 5.74) is 0. The molecule has 2 aromatic heterocycles. The van der Waals surface area contributed by atoms with Gasteiger partial charge in [0.2, 0.25) is 0 Å². The van der Waals surface area contributed by atoms with E-state index in [1.807, 2.05) is 0 Å². The lowest BCUT2D eigenvalue weighted by molar-refractivity contribution is -0.401. The number of hydrogen-bond donors (Lipinski definition) is 1. The third-order valence-corrected chi connectivity index (χ3v) is 1.42. The van der Waals surface area contributed by atoms with Crippen molar-refractivity contribution in [3.8, 4) is 11.6 Å². The van der Waals surface area contributed by atoms with Crippen LogP contribution in [-0.4, -0.2) is 20.1 Å². The van der Waals surface area contributed by atoms with Crippen molar-refractivity contribution in [2.75, 3.05) is 0 Å². The normalized spacial score (nSPS) is 10.2. The zero-order chi connectivity index (χ0) is 9.26. The van der Waals surface area contributed by atoms with Gasteiger partial charge in [0.15, 0.2) is 11.6 Å². The lowest BCUT2D eigenvalue weighted by atomic mass is 10.4. The highest BCUT2D eigenvalue weighted by Crippen LogP contribution is 2.22. The maximum Gasteiger partial charge on any atom is 0.433 e. The van der Waals surface area contributed by atoms with Gasteiger partial charge in [-0.15, -0.1) is 0 Å². The number of aromatic nitrogens is 3. The zero-order valence-electron chi connectivity index (χ0n) is 6.30. The van der Waals surface area contributed by atoms with Gasteiger partial charge in [0.1, 0.15) is 11.3 Å². The highest BCUT2D eigenvalue weighted by atomic mass is 16.6. The van der Waals surface area contributed by atoms with Crippen molar-refractivity contribution < 1.29 is 9.34 Å². The molecule has 0 aliphatic rings. The van der Waals surface area contributed by atoms with Crippen molar-refractivity contribution in [1.82, 2.24) is 15.2 Å². The van der Waals surface area contributed by atoms with Gasteiger partial charge in [0.05, 0.1) is 6.07 Å². The van der Waals surface area contributed by atoms with E-state index in [1.54, 1.807) is 0 Å². The Morgan fingerprint density at radius 2 is 2.38 bits per heavy atom. The monoisotopic (exact) mass is 180 g/mol. The molecule has 2 heterocycles. The van der Waals surface area contributed by atoms with Gasteiger partial charge in [0.25, 0.3) is 0 Å². The maximum absolute atomic E-state index is 10.2. The van der Waals surface area contributed by atoms with Crippen LogP contribution < -0.4 is 0 Å². The Kier molecular flexibility index (Phi) is 1.55. The van der Waals surface area contributed by atoms with Crippen molar-refractivity contribution in [3.05, 3.63) is 28.6 Å². The van der Waals surface area contributed by atoms with Crippen molar-refractivity contribution in [2.24, 2.45) is 0 Å². The first-order valence-corrected chi connectivity index (χ1v) is 3.37. The van der Waals surface area contributed by atoms with Crippen LogP contribution in [0.1, 0.15) is 0 Å². The molecule has 0 spiro atoms. The van der Waals surface area contributed by atoms with E-state index in [4.69, 9.17) is 4.42 Å². The topological polar surface area (TPSA) is 97.9 Å². The van der Waals surface area contributed by atoms with E-state index in [1.165, 1.54) is 18.5 Å². The minimum absolute atomic E-state index is 0.296. The van der Waals surface area contributed by atoms with Crippen molar-refractivity contribution in [2.45, 2.75) is 0 Å². The molecule has 0 amide bonds. The third kappa shape index (κ3) is 1.26. The summed E-state index contributed by atoms with van der Waals surface area (Å²) >= 11 is 0. The lowest BCUT2D eigenvalue weighted by Crippen LogP contribution is -1.83. The summed E-state index contributed by atoms with van der Waals surface area (Å²) in [6.45, 7) is 0. The van der Waals surface area contributed by atoms with Gasteiger partial charge in [-0.3, -0.25) is 15.2 Å². The first-order valence-electron chi connectivity index (χ1n) is 3.37. The molecule has 1 N–H and O–H groups in total. The molecule has 0 saturated heterocycles. The van der Waals surface area contributed by atoms with Gasteiger partial charge in [-0.25, -0.2) is 4.98 Å². The lowest BCUT2D eigenvalue weighted by Gasteiger charge is -1.85. The summed E-state index contributed by atoms with van der Waals surface area (Å²) in [6, 6.07) is 2.72. The number of rotatable bonds is 2. The van der Waals surface area contributed by atoms with Crippen LogP contribution in [0.25, 0.3) is 11.6 Å². The van der Waals surface area contributed by atoms with E-state index in [9.17, 15) is 10.1 Å². The fourth-order valence-corrected chi connectivity index (χ4v) is 0.877. The number of H-pyrrole nitrogens is 1. The fraction of sp³-hybridized carbons (Fsp3) is 0. The van der Waals surface area contributed by atoms with Gasteiger partial charge in [-0.2, -0.15) is 5.10 Å². The third-order valence-electron chi connectivity index (χ3n) is 1.42. The van der Waals surface area contributed by atoms with Crippen LogP contribution in [0.5, 0.6) is 0 Å². The first kappa shape index (κ1) is 7.47. The number of nitro groups is 1. The quantitative estimate of drug-likeness (QED) is 0.548. The molecular weight excluding hydrogens is 176 g/mol. The van der Waals surface area contributed by atoms with Gasteiger partial charge in [-0.1, -0.05) is 0 Å². The molecule has 0 radical (unpaired) electrons. The Morgan fingerprint density at radius 3 is 2.92 bits per heavy atom. The molecular formula is C6H4N4O3. The second-order valence-electron chi connectivity index (χ2n) is 2.23. The molecule has 0 saturated carbocycles. The summed E-state index contributed by atoms with van der Waals surface area (Å²) in [5.74, 6) is 0.351. The second kappa shape index (κ2) is 2.70. The Bertz CT molecular complexity index is 419. The number of furan rings is 1. The Hall–Kier alpha value is -2.18. The Labute approximate surface area is 71.6 Å². The second-order valence-corrected chi connectivity index (χ2v) is 2.23. The number of hydrogen-bond acceptors (Lipinski definition) is 5. The maximum atomic E-state index is 10.2. The molecule has 7 heteroatoms. The van der Waals surface area contributed by atoms with E-state index in [2.05, 4.69) is 15.2 Å². The smallest absolute Gasteiger partial charge is 0.397 e. The average molecular weight is 180 g/mol. The van der Waals surface area contributed by atoms with Crippen molar-refractivity contribution in [3.63, 3.8) is 0 Å². The van der Waals surface area contributed by atoms with E-state index >= 15 is 0 Å². The van der Waals surface area contributed by atoms with Gasteiger partial charge in [-0.05, 0) is 6.07 Å². The fourth-order valence-electron chi connectivity index (χ4n) is 0.877. The van der Waals surface area contributed by atoms with Crippen LogP contribution in [-0.2, 0) is 0 Å². The van der Waals surface area contributed by atoms with E-state index < -0.39 is 4.92 Å². The van der Waals surface area contributed by atoms with Crippen LogP contribution in [0.3, 0.4) is 0 Å². The number of nitrogens with one attached hydrogen (secondary N) is 1. The van der Waals surface area contributed by atoms with E-state index in [0.29, 0.717) is 11.6 Å². The first-order chi connectivity index (χ1) is 6.27. The van der Waals surface area contributed by atoms with Crippen LogP contribution in [0.15, 0.2) is 22.9 Å².